The van der Waals surface area contributed by atoms with E-state index >= 15 is 0 Å². The number of hydrogen-bond acceptors (Lipinski definition) is 5. The summed E-state index contributed by atoms with van der Waals surface area (Å²) in [6.07, 6.45) is 1.65. The smallest absolute Gasteiger partial charge is 0.262 e. The number of fused-ring (bicyclic) bond motifs is 1. The van der Waals surface area contributed by atoms with Gasteiger partial charge in [0.05, 0.1) is 12.0 Å². The van der Waals surface area contributed by atoms with Gasteiger partial charge in [-0.05, 0) is 24.4 Å². The van der Waals surface area contributed by atoms with E-state index in [1.54, 1.807) is 18.3 Å². The minimum atomic E-state index is -0.176. The van der Waals surface area contributed by atoms with Crippen molar-refractivity contribution in [2.45, 2.75) is 13.5 Å². The van der Waals surface area contributed by atoms with Gasteiger partial charge in [-0.2, -0.15) is 0 Å². The highest BCUT2D eigenvalue weighted by Gasteiger charge is 2.10. The van der Waals surface area contributed by atoms with Gasteiger partial charge in [-0.3, -0.25) is 4.79 Å². The van der Waals surface area contributed by atoms with Crippen LogP contribution in [0.4, 0.5) is 11.6 Å². The van der Waals surface area contributed by atoms with Crippen LogP contribution in [0.3, 0.4) is 0 Å². The molecule has 6 heteroatoms. The predicted octanol–water partition coefficient (Wildman–Crippen LogP) is 0.403. The Hall–Kier alpha value is -2.08. The van der Waals surface area contributed by atoms with Gasteiger partial charge in [0.1, 0.15) is 11.6 Å². The van der Waals surface area contributed by atoms with E-state index in [1.165, 1.54) is 4.57 Å². The minimum Gasteiger partial charge on any atom is -0.395 e. The van der Waals surface area contributed by atoms with Crippen LogP contribution < -0.4 is 16.6 Å². The van der Waals surface area contributed by atoms with Crippen molar-refractivity contribution in [2.75, 3.05) is 24.2 Å². The Morgan fingerprint density at radius 3 is 3.00 bits per heavy atom. The zero-order valence-corrected chi connectivity index (χ0v) is 10.2. The van der Waals surface area contributed by atoms with Crippen LogP contribution in [-0.2, 0) is 6.54 Å². The fraction of sp³-hybridized carbons (Fsp3) is 0.333. The Bertz CT molecular complexity index is 621. The number of aliphatic hydroxyl groups excluding tert-OH is 1. The zero-order chi connectivity index (χ0) is 13.1. The van der Waals surface area contributed by atoms with Crippen molar-refractivity contribution in [3.05, 3.63) is 28.7 Å². The van der Waals surface area contributed by atoms with E-state index in [0.29, 0.717) is 23.6 Å². The Morgan fingerprint density at radius 1 is 1.56 bits per heavy atom. The lowest BCUT2D eigenvalue weighted by Gasteiger charge is -2.10. The first-order valence-electron chi connectivity index (χ1n) is 5.81. The number of nitrogens with two attached hydrogens (primary N) is 1. The van der Waals surface area contributed by atoms with Gasteiger partial charge in [-0.1, -0.05) is 0 Å². The molecule has 0 saturated heterocycles. The molecule has 0 aliphatic heterocycles. The van der Waals surface area contributed by atoms with Crippen LogP contribution in [0.15, 0.2) is 23.1 Å². The minimum absolute atomic E-state index is 0.0790. The fourth-order valence-corrected chi connectivity index (χ4v) is 1.90. The number of hydrogen-bond donors (Lipinski definition) is 3. The third-order valence-electron chi connectivity index (χ3n) is 2.66. The topological polar surface area (TPSA) is 93.2 Å². The van der Waals surface area contributed by atoms with Gasteiger partial charge in [0.25, 0.3) is 5.56 Å². The van der Waals surface area contributed by atoms with Crippen LogP contribution in [0.2, 0.25) is 0 Å². The van der Waals surface area contributed by atoms with Gasteiger partial charge >= 0.3 is 0 Å². The van der Waals surface area contributed by atoms with Crippen molar-refractivity contribution >= 4 is 22.4 Å². The molecule has 2 aromatic heterocycles. The molecule has 2 aromatic rings. The lowest BCUT2D eigenvalue weighted by molar-refractivity contribution is 0.274. The molecule has 2 rings (SSSR count). The maximum Gasteiger partial charge on any atom is 0.262 e. The molecule has 0 fully saturated rings. The van der Waals surface area contributed by atoms with Crippen molar-refractivity contribution in [3.63, 3.8) is 0 Å². The first-order chi connectivity index (χ1) is 8.67. The Kier molecular flexibility index (Phi) is 3.47. The van der Waals surface area contributed by atoms with Crippen molar-refractivity contribution in [2.24, 2.45) is 0 Å². The van der Waals surface area contributed by atoms with Crippen LogP contribution >= 0.6 is 0 Å². The summed E-state index contributed by atoms with van der Waals surface area (Å²) >= 11 is 0. The lowest BCUT2D eigenvalue weighted by atomic mass is 10.2. The predicted molar refractivity (Wildman–Crippen MR) is 71.7 cm³/mol. The molecular weight excluding hydrogens is 232 g/mol. The van der Waals surface area contributed by atoms with E-state index in [2.05, 4.69) is 10.3 Å². The van der Waals surface area contributed by atoms with Crippen molar-refractivity contribution in [3.8, 4) is 0 Å². The number of nitrogens with one attached hydrogen (secondary N) is 1. The highest BCUT2D eigenvalue weighted by atomic mass is 16.3. The molecule has 0 radical (unpaired) electrons. The molecule has 0 unspecified atom stereocenters. The van der Waals surface area contributed by atoms with Gasteiger partial charge < -0.3 is 20.7 Å². The molecule has 6 nitrogen and oxygen atoms in total. The number of aromatic nitrogens is 2. The maximum absolute atomic E-state index is 12.3. The maximum atomic E-state index is 12.3. The molecule has 0 aliphatic carbocycles. The SMILES string of the molecule is CCNc1nc(N)cc2ccn(CCO)c(=O)c12. The van der Waals surface area contributed by atoms with Crippen molar-refractivity contribution in [1.82, 2.24) is 9.55 Å². The third-order valence-corrected chi connectivity index (χ3v) is 2.66. The first-order valence-corrected chi connectivity index (χ1v) is 5.81. The van der Waals surface area contributed by atoms with E-state index in [4.69, 9.17) is 10.8 Å². The second-order valence-electron chi connectivity index (χ2n) is 3.93. The Balaban J connectivity index is 2.73. The molecule has 0 saturated carbocycles. The number of pyridine rings is 2. The molecule has 0 spiro atoms. The second kappa shape index (κ2) is 5.05. The summed E-state index contributed by atoms with van der Waals surface area (Å²) in [5.74, 6) is 0.863. The van der Waals surface area contributed by atoms with Gasteiger partial charge in [0, 0.05) is 19.3 Å². The Morgan fingerprint density at radius 2 is 2.33 bits per heavy atom. The highest BCUT2D eigenvalue weighted by molar-refractivity contribution is 5.92. The van der Waals surface area contributed by atoms with Crippen molar-refractivity contribution in [1.29, 1.82) is 0 Å². The van der Waals surface area contributed by atoms with E-state index in [9.17, 15) is 4.79 Å². The fourth-order valence-electron chi connectivity index (χ4n) is 1.90. The number of rotatable bonds is 4. The van der Waals surface area contributed by atoms with Crippen LogP contribution in [0, 0.1) is 0 Å². The van der Waals surface area contributed by atoms with Gasteiger partial charge in [-0.15, -0.1) is 0 Å². The summed E-state index contributed by atoms with van der Waals surface area (Å²) in [6.45, 7) is 2.76. The van der Waals surface area contributed by atoms with E-state index in [-0.39, 0.29) is 18.7 Å². The molecule has 0 atom stereocenters. The summed E-state index contributed by atoms with van der Waals surface area (Å²) in [5.41, 5.74) is 5.53. The number of nitrogens with zero attached hydrogens (tertiary/aromatic N) is 2. The molecule has 4 N–H and O–H groups in total. The van der Waals surface area contributed by atoms with E-state index in [0.717, 1.165) is 5.39 Å². The second-order valence-corrected chi connectivity index (χ2v) is 3.93. The number of aliphatic hydroxyl groups is 1. The number of anilines is 2. The quantitative estimate of drug-likeness (QED) is 0.728. The van der Waals surface area contributed by atoms with Crippen LogP contribution in [0.1, 0.15) is 6.92 Å². The van der Waals surface area contributed by atoms with Crippen LogP contribution in [-0.4, -0.2) is 27.8 Å². The first kappa shape index (κ1) is 12.4. The molecule has 96 valence electrons. The average Bonchev–Trinajstić information content (AvgIpc) is 2.33. The van der Waals surface area contributed by atoms with Gasteiger partial charge in [0.15, 0.2) is 0 Å². The monoisotopic (exact) mass is 248 g/mol. The highest BCUT2D eigenvalue weighted by Crippen LogP contribution is 2.20. The standard InChI is InChI=1S/C12H16N4O2/c1-2-14-11-10-8(7-9(13)15-11)3-4-16(5-6-17)12(10)18/h3-4,7,17H,2,5-6H2,1H3,(H3,13,14,15). The molecule has 0 aliphatic rings. The van der Waals surface area contributed by atoms with Gasteiger partial charge in [-0.25, -0.2) is 4.98 Å². The third kappa shape index (κ3) is 2.14. The van der Waals surface area contributed by atoms with Crippen LogP contribution in [0.25, 0.3) is 10.8 Å². The molecule has 0 amide bonds. The molecular formula is C12H16N4O2. The molecule has 0 bridgehead atoms. The zero-order valence-electron chi connectivity index (χ0n) is 10.2. The van der Waals surface area contributed by atoms with E-state index < -0.39 is 0 Å². The molecule has 18 heavy (non-hydrogen) atoms. The largest absolute Gasteiger partial charge is 0.395 e. The average molecular weight is 248 g/mol. The lowest BCUT2D eigenvalue weighted by Crippen LogP contribution is -2.22. The molecule has 2 heterocycles. The summed E-state index contributed by atoms with van der Waals surface area (Å²) < 4.78 is 1.46. The summed E-state index contributed by atoms with van der Waals surface area (Å²) in [6, 6.07) is 3.46. The normalized spacial score (nSPS) is 10.8. The van der Waals surface area contributed by atoms with Crippen LogP contribution in [0.5, 0.6) is 0 Å². The van der Waals surface area contributed by atoms with E-state index in [1.807, 2.05) is 6.92 Å². The van der Waals surface area contributed by atoms with Crippen molar-refractivity contribution < 1.29 is 5.11 Å². The van der Waals surface area contributed by atoms with Gasteiger partial charge in [0.2, 0.25) is 0 Å². The summed E-state index contributed by atoms with van der Waals surface area (Å²) in [4.78, 5) is 16.4. The number of nitrogen functional groups attached to an aromatic ring is 1. The summed E-state index contributed by atoms with van der Waals surface area (Å²) in [7, 11) is 0. The Labute approximate surface area is 104 Å². The molecule has 0 aromatic carbocycles. The summed E-state index contributed by atoms with van der Waals surface area (Å²) in [5, 5.41) is 13.2.